The van der Waals surface area contributed by atoms with E-state index in [1.807, 2.05) is 55.5 Å². The summed E-state index contributed by atoms with van der Waals surface area (Å²) in [5.41, 5.74) is 3.29. The summed E-state index contributed by atoms with van der Waals surface area (Å²) in [4.78, 5) is 16.3. The number of aromatic nitrogens is 1. The van der Waals surface area contributed by atoms with E-state index < -0.39 is 5.41 Å². The van der Waals surface area contributed by atoms with Crippen LogP contribution in [0.3, 0.4) is 0 Å². The van der Waals surface area contributed by atoms with Gasteiger partial charge in [0.15, 0.2) is 0 Å². The lowest BCUT2D eigenvalue weighted by Crippen LogP contribution is -2.32. The maximum atomic E-state index is 12.8. The van der Waals surface area contributed by atoms with Crippen LogP contribution in [0.2, 0.25) is 0 Å². The summed E-state index contributed by atoms with van der Waals surface area (Å²) in [7, 11) is 1.61. The molecule has 4 aromatic rings. The number of benzene rings is 3. The SMILES string of the molecule is COc1cccc([C@](C=O)(c2ccc(O)cc2)c2[nH]c3ccccc3c2C)c1. The first-order valence-corrected chi connectivity index (χ1v) is 9.08. The van der Waals surface area contributed by atoms with Crippen LogP contribution in [0.5, 0.6) is 11.5 Å². The molecule has 0 aliphatic rings. The highest BCUT2D eigenvalue weighted by atomic mass is 16.5. The van der Waals surface area contributed by atoms with Gasteiger partial charge in [-0.2, -0.15) is 0 Å². The lowest BCUT2D eigenvalue weighted by Gasteiger charge is -2.30. The molecule has 0 amide bonds. The molecule has 0 aliphatic carbocycles. The number of hydrogen-bond acceptors (Lipinski definition) is 3. The fourth-order valence-electron chi connectivity index (χ4n) is 3.92. The fraction of sp³-hybridized carbons (Fsp3) is 0.125. The van der Waals surface area contributed by atoms with Crippen LogP contribution < -0.4 is 4.74 Å². The van der Waals surface area contributed by atoms with Gasteiger partial charge in [-0.3, -0.25) is 0 Å². The van der Waals surface area contributed by atoms with E-state index in [0.717, 1.165) is 39.6 Å². The van der Waals surface area contributed by atoms with Crippen molar-refractivity contribution in [2.75, 3.05) is 7.11 Å². The minimum absolute atomic E-state index is 0.155. The second-order valence-corrected chi connectivity index (χ2v) is 6.88. The van der Waals surface area contributed by atoms with Crippen molar-refractivity contribution in [3.8, 4) is 11.5 Å². The molecule has 0 radical (unpaired) electrons. The maximum Gasteiger partial charge on any atom is 0.140 e. The molecule has 1 heterocycles. The number of phenols is 1. The zero-order chi connectivity index (χ0) is 19.7. The number of aryl methyl sites for hydroxylation is 1. The number of ether oxygens (including phenoxy) is 1. The largest absolute Gasteiger partial charge is 0.508 e. The van der Waals surface area contributed by atoms with E-state index in [-0.39, 0.29) is 5.75 Å². The Morgan fingerprint density at radius 1 is 0.964 bits per heavy atom. The smallest absolute Gasteiger partial charge is 0.140 e. The number of fused-ring (bicyclic) bond motifs is 1. The highest BCUT2D eigenvalue weighted by Crippen LogP contribution is 2.42. The normalized spacial score (nSPS) is 13.2. The van der Waals surface area contributed by atoms with Crippen LogP contribution in [0.4, 0.5) is 0 Å². The van der Waals surface area contributed by atoms with Gasteiger partial charge >= 0.3 is 0 Å². The van der Waals surface area contributed by atoms with E-state index in [4.69, 9.17) is 4.74 Å². The molecule has 140 valence electrons. The highest BCUT2D eigenvalue weighted by Gasteiger charge is 2.39. The van der Waals surface area contributed by atoms with Gasteiger partial charge in [-0.05, 0) is 53.9 Å². The Morgan fingerprint density at radius 2 is 1.71 bits per heavy atom. The first-order valence-electron chi connectivity index (χ1n) is 9.08. The van der Waals surface area contributed by atoms with E-state index in [2.05, 4.69) is 4.98 Å². The first-order chi connectivity index (χ1) is 13.6. The van der Waals surface area contributed by atoms with Crippen LogP contribution in [0.15, 0.2) is 72.8 Å². The molecule has 0 fully saturated rings. The number of carbonyl (C=O) groups is 1. The maximum absolute atomic E-state index is 12.8. The van der Waals surface area contributed by atoms with Crippen molar-refractivity contribution in [2.45, 2.75) is 12.3 Å². The Bertz CT molecular complexity index is 1140. The number of aromatic amines is 1. The summed E-state index contributed by atoms with van der Waals surface area (Å²) in [5, 5.41) is 10.8. The van der Waals surface area contributed by atoms with Gasteiger partial charge in [0.2, 0.25) is 0 Å². The molecule has 1 aromatic heterocycles. The number of para-hydroxylation sites is 1. The molecule has 0 bridgehead atoms. The quantitative estimate of drug-likeness (QED) is 0.499. The average molecular weight is 371 g/mol. The number of nitrogens with one attached hydrogen (secondary N) is 1. The predicted molar refractivity (Wildman–Crippen MR) is 110 cm³/mol. The topological polar surface area (TPSA) is 62.3 Å². The van der Waals surface area contributed by atoms with Crippen molar-refractivity contribution in [3.63, 3.8) is 0 Å². The van der Waals surface area contributed by atoms with Crippen LogP contribution in [-0.4, -0.2) is 23.5 Å². The summed E-state index contributed by atoms with van der Waals surface area (Å²) >= 11 is 0. The van der Waals surface area contributed by atoms with Gasteiger partial charge in [0, 0.05) is 16.6 Å². The van der Waals surface area contributed by atoms with Gasteiger partial charge < -0.3 is 19.6 Å². The molecule has 0 aliphatic heterocycles. The zero-order valence-corrected chi connectivity index (χ0v) is 15.8. The summed E-state index contributed by atoms with van der Waals surface area (Å²) in [6.45, 7) is 2.02. The summed E-state index contributed by atoms with van der Waals surface area (Å²) in [5.74, 6) is 0.832. The number of aromatic hydroxyl groups is 1. The van der Waals surface area contributed by atoms with Crippen molar-refractivity contribution in [1.82, 2.24) is 4.98 Å². The Balaban J connectivity index is 2.09. The van der Waals surface area contributed by atoms with Crippen molar-refractivity contribution in [3.05, 3.63) is 95.2 Å². The molecular formula is C24H21NO3. The molecule has 0 spiro atoms. The minimum Gasteiger partial charge on any atom is -0.508 e. The monoisotopic (exact) mass is 371 g/mol. The fourth-order valence-corrected chi connectivity index (χ4v) is 3.92. The predicted octanol–water partition coefficient (Wildman–Crippen LogP) is 4.72. The first kappa shape index (κ1) is 17.9. The molecule has 4 heteroatoms. The number of hydrogen-bond donors (Lipinski definition) is 2. The number of rotatable bonds is 5. The second-order valence-electron chi connectivity index (χ2n) is 6.88. The van der Waals surface area contributed by atoms with E-state index >= 15 is 0 Å². The zero-order valence-electron chi connectivity index (χ0n) is 15.8. The number of carbonyl (C=O) groups excluding carboxylic acids is 1. The van der Waals surface area contributed by atoms with Crippen LogP contribution >= 0.6 is 0 Å². The lowest BCUT2D eigenvalue weighted by molar-refractivity contribution is -0.110. The molecule has 0 saturated heterocycles. The molecule has 3 aromatic carbocycles. The van der Waals surface area contributed by atoms with E-state index in [9.17, 15) is 9.90 Å². The number of H-pyrrole nitrogens is 1. The molecule has 1 atom stereocenters. The van der Waals surface area contributed by atoms with Gasteiger partial charge in [0.1, 0.15) is 23.2 Å². The third kappa shape index (κ3) is 2.65. The van der Waals surface area contributed by atoms with E-state index in [1.54, 1.807) is 31.4 Å². The van der Waals surface area contributed by atoms with Crippen LogP contribution in [0, 0.1) is 6.92 Å². The van der Waals surface area contributed by atoms with Crippen molar-refractivity contribution in [2.24, 2.45) is 0 Å². The molecule has 4 rings (SSSR count). The molecule has 4 nitrogen and oxygen atoms in total. The lowest BCUT2D eigenvalue weighted by atomic mass is 9.72. The Morgan fingerprint density at radius 3 is 2.39 bits per heavy atom. The van der Waals surface area contributed by atoms with E-state index in [0.29, 0.717) is 5.75 Å². The summed E-state index contributed by atoms with van der Waals surface area (Å²) < 4.78 is 5.41. The number of methoxy groups -OCH3 is 1. The minimum atomic E-state index is -1.06. The molecular weight excluding hydrogens is 350 g/mol. The Kier molecular flexibility index (Phi) is 4.40. The van der Waals surface area contributed by atoms with Crippen LogP contribution in [0.25, 0.3) is 10.9 Å². The number of phenolic OH excluding ortho intramolecular Hbond substituents is 1. The highest BCUT2D eigenvalue weighted by molar-refractivity contribution is 5.90. The van der Waals surface area contributed by atoms with Gasteiger partial charge in [-0.15, -0.1) is 0 Å². The van der Waals surface area contributed by atoms with E-state index in [1.165, 1.54) is 0 Å². The molecule has 28 heavy (non-hydrogen) atoms. The summed E-state index contributed by atoms with van der Waals surface area (Å²) in [6, 6.07) is 22.3. The molecule has 0 saturated carbocycles. The number of aldehydes is 1. The van der Waals surface area contributed by atoms with Crippen LogP contribution in [-0.2, 0) is 10.2 Å². The van der Waals surface area contributed by atoms with Gasteiger partial charge in [0.05, 0.1) is 7.11 Å². The van der Waals surface area contributed by atoms with Gasteiger partial charge in [0.25, 0.3) is 0 Å². The molecule has 2 N–H and O–H groups in total. The van der Waals surface area contributed by atoms with Crippen molar-refractivity contribution >= 4 is 17.2 Å². The average Bonchev–Trinajstić information content (AvgIpc) is 3.08. The van der Waals surface area contributed by atoms with Crippen molar-refractivity contribution < 1.29 is 14.6 Å². The van der Waals surface area contributed by atoms with Gasteiger partial charge in [-0.25, -0.2) is 0 Å². The van der Waals surface area contributed by atoms with Crippen LogP contribution in [0.1, 0.15) is 22.4 Å². The van der Waals surface area contributed by atoms with Crippen molar-refractivity contribution in [1.29, 1.82) is 0 Å². The third-order valence-electron chi connectivity index (χ3n) is 5.38. The second kappa shape index (κ2) is 6.89. The third-order valence-corrected chi connectivity index (χ3v) is 5.38. The standard InChI is InChI=1S/C24H21NO3/c1-16-21-8-3-4-9-22(21)25-23(16)24(15-26,17-10-12-19(27)13-11-17)18-6-5-7-20(14-18)28-2/h3-15,25,27H,1-2H3/t24-/m0/s1. The molecule has 0 unspecified atom stereocenters. The summed E-state index contributed by atoms with van der Waals surface area (Å²) in [6.07, 6.45) is 0.964. The Labute approximate surface area is 163 Å². The Hall–Kier alpha value is -3.53. The van der Waals surface area contributed by atoms with Gasteiger partial charge in [-0.1, -0.05) is 42.5 Å².